The number of nitrogens with one attached hydrogen (secondary N) is 1. The van der Waals surface area contributed by atoms with Gasteiger partial charge >= 0.3 is 15.2 Å². The summed E-state index contributed by atoms with van der Waals surface area (Å²) in [5, 5.41) is 20.4. The lowest BCUT2D eigenvalue weighted by Crippen LogP contribution is -2.33. The Morgan fingerprint density at radius 1 is 1.32 bits per heavy atom. The van der Waals surface area contributed by atoms with Gasteiger partial charge in [-0.15, -0.1) is 0 Å². The molecule has 1 unspecified atom stereocenters. The molecule has 17 heteroatoms. The van der Waals surface area contributed by atoms with E-state index < -0.39 is 52.2 Å². The Kier molecular flexibility index (Phi) is 5.78. The fourth-order valence-corrected chi connectivity index (χ4v) is 5.52. The Balaban J connectivity index is 1.79. The molecule has 0 radical (unpaired) electrons. The standard InChI is InChI=1S/C11H17N5O9P2S/c12-11-14-8-5(9(28)15-11)13-2-16(8)10-7(18)6(17)4(25-10)1-24-27(22,23)3-26(19,20)21/h2,4,6-7,10,17-18H,1,3H2,(H,22,23)(H2,19,20,21)(H3,12,14,15,28)/t4-,6-,7-,10-/m1/s1. The number of aromatic amines is 1. The number of nitrogens with two attached hydrogens (primary N) is 1. The first-order valence-corrected chi connectivity index (χ1v) is 11.6. The minimum atomic E-state index is -4.80. The topological polar surface area (TPSA) is 226 Å². The van der Waals surface area contributed by atoms with Crippen LogP contribution in [0.3, 0.4) is 0 Å². The highest BCUT2D eigenvalue weighted by molar-refractivity contribution is 7.71. The summed E-state index contributed by atoms with van der Waals surface area (Å²) in [5.41, 5.74) is 6.16. The van der Waals surface area contributed by atoms with Crippen LogP contribution in [-0.2, 0) is 18.4 Å². The van der Waals surface area contributed by atoms with E-state index in [1.165, 1.54) is 10.9 Å². The molecule has 156 valence electrons. The molecule has 1 aliphatic heterocycles. The number of H-pyrrole nitrogens is 1. The van der Waals surface area contributed by atoms with Gasteiger partial charge in [-0.25, -0.2) is 9.97 Å². The van der Waals surface area contributed by atoms with Crippen molar-refractivity contribution in [3.05, 3.63) is 11.0 Å². The maximum Gasteiger partial charge on any atom is 0.340 e. The maximum atomic E-state index is 11.7. The number of nitrogen functional groups attached to an aromatic ring is 1. The first-order chi connectivity index (χ1) is 12.9. The van der Waals surface area contributed by atoms with Crippen LogP contribution in [0.4, 0.5) is 5.95 Å². The predicted octanol–water partition coefficient (Wildman–Crippen LogP) is -0.973. The van der Waals surface area contributed by atoms with Gasteiger partial charge in [0.1, 0.15) is 29.5 Å². The van der Waals surface area contributed by atoms with Crippen molar-refractivity contribution < 1.29 is 43.3 Å². The van der Waals surface area contributed by atoms with Crippen molar-refractivity contribution in [1.29, 1.82) is 0 Å². The zero-order chi connectivity index (χ0) is 20.9. The number of hydrogen-bond acceptors (Lipinski definition) is 10. The lowest BCUT2D eigenvalue weighted by molar-refractivity contribution is -0.0483. The van der Waals surface area contributed by atoms with Gasteiger partial charge in [0.05, 0.1) is 12.9 Å². The lowest BCUT2D eigenvalue weighted by Gasteiger charge is -2.18. The number of rotatable bonds is 6. The molecule has 5 atom stereocenters. The summed E-state index contributed by atoms with van der Waals surface area (Å²) in [5.74, 6) is -1.39. The molecule has 2 aromatic heterocycles. The monoisotopic (exact) mass is 457 g/mol. The third kappa shape index (κ3) is 4.49. The van der Waals surface area contributed by atoms with Crippen molar-refractivity contribution in [2.45, 2.75) is 24.5 Å². The number of ether oxygens (including phenoxy) is 1. The smallest absolute Gasteiger partial charge is 0.340 e. The zero-order valence-electron chi connectivity index (χ0n) is 13.9. The number of aliphatic hydroxyl groups excluding tert-OH is 2. The number of imidazole rings is 1. The van der Waals surface area contributed by atoms with E-state index in [0.29, 0.717) is 0 Å². The van der Waals surface area contributed by atoms with Gasteiger partial charge in [0.25, 0.3) is 0 Å². The van der Waals surface area contributed by atoms with Gasteiger partial charge in [-0.3, -0.25) is 13.7 Å². The molecule has 2 aromatic rings. The largest absolute Gasteiger partial charge is 0.387 e. The molecular formula is C11H17N5O9P2S. The fourth-order valence-electron chi connectivity index (χ4n) is 2.71. The SMILES string of the molecule is Nc1nc(=S)c2ncn([C@@H]3O[C@H](COP(=O)(O)CP(=O)(O)O)[C@@H](O)[C@H]3O)c2[nH]1. The van der Waals surface area contributed by atoms with Crippen molar-refractivity contribution in [1.82, 2.24) is 19.5 Å². The molecule has 0 bridgehead atoms. The molecule has 8 N–H and O–H groups in total. The summed E-state index contributed by atoms with van der Waals surface area (Å²) < 4.78 is 34.2. The van der Waals surface area contributed by atoms with Gasteiger partial charge in [-0.05, 0) is 0 Å². The molecule has 14 nitrogen and oxygen atoms in total. The van der Waals surface area contributed by atoms with E-state index in [1.54, 1.807) is 0 Å². The Morgan fingerprint density at radius 2 is 2.00 bits per heavy atom. The van der Waals surface area contributed by atoms with E-state index in [1.807, 2.05) is 0 Å². The summed E-state index contributed by atoms with van der Waals surface area (Å²) in [7, 11) is -9.44. The Labute approximate surface area is 161 Å². The minimum absolute atomic E-state index is 0.00850. The second-order valence-corrected chi connectivity index (χ2v) is 10.4. The number of aliphatic hydroxyl groups is 2. The van der Waals surface area contributed by atoms with Gasteiger partial charge in [-0.2, -0.15) is 0 Å². The highest BCUT2D eigenvalue weighted by Crippen LogP contribution is 2.55. The highest BCUT2D eigenvalue weighted by Gasteiger charge is 2.45. The third-order valence-electron chi connectivity index (χ3n) is 3.88. The minimum Gasteiger partial charge on any atom is -0.387 e. The molecule has 1 fully saturated rings. The Hall–Kier alpha value is -1.25. The van der Waals surface area contributed by atoms with Crippen LogP contribution in [0.25, 0.3) is 11.2 Å². The number of fused-ring (bicyclic) bond motifs is 1. The second kappa shape index (κ2) is 7.54. The lowest BCUT2D eigenvalue weighted by atomic mass is 10.1. The van der Waals surface area contributed by atoms with Crippen LogP contribution in [-0.4, -0.2) is 75.2 Å². The fraction of sp³-hybridized carbons (Fsp3) is 0.545. The average molecular weight is 457 g/mol. The van der Waals surface area contributed by atoms with Gasteiger partial charge in [0.15, 0.2) is 22.7 Å². The molecule has 0 spiro atoms. The Morgan fingerprint density at radius 3 is 2.64 bits per heavy atom. The van der Waals surface area contributed by atoms with Crippen LogP contribution in [0.15, 0.2) is 6.33 Å². The summed E-state index contributed by atoms with van der Waals surface area (Å²) in [6.07, 6.45) is -4.19. The first-order valence-electron chi connectivity index (χ1n) is 7.63. The van der Waals surface area contributed by atoms with Gasteiger partial charge in [0.2, 0.25) is 0 Å². The van der Waals surface area contributed by atoms with Crippen molar-refractivity contribution in [2.75, 3.05) is 18.2 Å². The molecule has 0 saturated carbocycles. The zero-order valence-corrected chi connectivity index (χ0v) is 16.5. The van der Waals surface area contributed by atoms with Crippen LogP contribution in [0, 0.1) is 4.64 Å². The number of aromatic nitrogens is 4. The quantitative estimate of drug-likeness (QED) is 0.205. The second-order valence-electron chi connectivity index (χ2n) is 6.06. The van der Waals surface area contributed by atoms with Crippen molar-refractivity contribution in [3.63, 3.8) is 0 Å². The molecule has 3 rings (SSSR count). The predicted molar refractivity (Wildman–Crippen MR) is 95.7 cm³/mol. The normalized spacial score (nSPS) is 27.9. The molecule has 3 heterocycles. The van der Waals surface area contributed by atoms with Gasteiger partial charge < -0.3 is 44.9 Å². The molecule has 0 aromatic carbocycles. The van der Waals surface area contributed by atoms with E-state index >= 15 is 0 Å². The van der Waals surface area contributed by atoms with E-state index in [-0.39, 0.29) is 21.8 Å². The number of anilines is 1. The van der Waals surface area contributed by atoms with E-state index in [2.05, 4.69) is 19.5 Å². The summed E-state index contributed by atoms with van der Waals surface area (Å²) in [4.78, 5) is 37.7. The molecule has 0 aliphatic carbocycles. The molecular weight excluding hydrogens is 440 g/mol. The summed E-state index contributed by atoms with van der Waals surface area (Å²) >= 11 is 5.05. The molecule has 1 saturated heterocycles. The molecule has 28 heavy (non-hydrogen) atoms. The highest BCUT2D eigenvalue weighted by atomic mass is 32.1. The van der Waals surface area contributed by atoms with Crippen LogP contribution in [0.5, 0.6) is 0 Å². The number of nitrogens with zero attached hydrogens (tertiary/aromatic N) is 3. The van der Waals surface area contributed by atoms with Crippen LogP contribution >= 0.6 is 27.4 Å². The van der Waals surface area contributed by atoms with E-state index in [4.69, 9.17) is 32.5 Å². The van der Waals surface area contributed by atoms with Crippen molar-refractivity contribution in [3.8, 4) is 0 Å². The van der Waals surface area contributed by atoms with E-state index in [9.17, 15) is 24.2 Å². The van der Waals surface area contributed by atoms with Crippen molar-refractivity contribution in [2.24, 2.45) is 0 Å². The maximum absolute atomic E-state index is 11.7. The first kappa shape index (κ1) is 21.5. The molecule has 1 aliphatic rings. The van der Waals surface area contributed by atoms with Crippen LogP contribution in [0.1, 0.15) is 6.23 Å². The Bertz CT molecular complexity index is 1040. The van der Waals surface area contributed by atoms with Crippen molar-refractivity contribution >= 4 is 44.5 Å². The summed E-state index contributed by atoms with van der Waals surface area (Å²) in [6.45, 7) is -0.700. The van der Waals surface area contributed by atoms with E-state index in [0.717, 1.165) is 0 Å². The number of hydrogen-bond donors (Lipinski definition) is 7. The average Bonchev–Trinajstić information content (AvgIpc) is 3.06. The third-order valence-corrected chi connectivity index (χ3v) is 7.62. The summed E-state index contributed by atoms with van der Waals surface area (Å²) in [6, 6.07) is 0. The van der Waals surface area contributed by atoms with Crippen LogP contribution < -0.4 is 5.73 Å². The van der Waals surface area contributed by atoms with Gasteiger partial charge in [0, 0.05) is 0 Å². The van der Waals surface area contributed by atoms with Crippen LogP contribution in [0.2, 0.25) is 0 Å². The molecule has 0 amide bonds. The van der Waals surface area contributed by atoms with Gasteiger partial charge in [-0.1, -0.05) is 12.2 Å².